The monoisotopic (exact) mass is 287 g/mol. The number of carbonyl (C=O) groups is 1. The highest BCUT2D eigenvalue weighted by Crippen LogP contribution is 2.13. The third-order valence-corrected chi connectivity index (χ3v) is 4.45. The Labute approximate surface area is 112 Å². The van der Waals surface area contributed by atoms with Gasteiger partial charge in [-0.05, 0) is 38.5 Å². The Bertz CT molecular complexity index is 567. The summed E-state index contributed by atoms with van der Waals surface area (Å²) in [6, 6.07) is 4.64. The van der Waals surface area contributed by atoms with Crippen molar-refractivity contribution in [2.45, 2.75) is 37.6 Å². The second-order valence-electron chi connectivity index (χ2n) is 5.00. The lowest BCUT2D eigenvalue weighted by Crippen LogP contribution is -2.45. The van der Waals surface area contributed by atoms with E-state index in [2.05, 4.69) is 5.32 Å². The molecule has 0 aliphatic rings. The molecule has 4 nitrogen and oxygen atoms in total. The highest BCUT2D eigenvalue weighted by Gasteiger charge is 2.24. The fourth-order valence-corrected chi connectivity index (χ4v) is 2.58. The molecule has 1 amide bonds. The normalized spacial score (nSPS) is 12.2. The molecule has 0 unspecified atom stereocenters. The summed E-state index contributed by atoms with van der Waals surface area (Å²) >= 11 is 0. The van der Waals surface area contributed by atoms with Gasteiger partial charge in [0, 0.05) is 5.54 Å². The summed E-state index contributed by atoms with van der Waals surface area (Å²) in [4.78, 5) is 11.5. The molecule has 106 valence electrons. The van der Waals surface area contributed by atoms with Gasteiger partial charge >= 0.3 is 0 Å². The van der Waals surface area contributed by atoms with Crippen LogP contribution in [0.5, 0.6) is 0 Å². The summed E-state index contributed by atoms with van der Waals surface area (Å²) in [6.45, 7) is 5.50. The van der Waals surface area contributed by atoms with Gasteiger partial charge in [-0.1, -0.05) is 13.0 Å². The molecular weight excluding hydrogens is 269 g/mol. The molecule has 1 aromatic rings. The molecule has 0 heterocycles. The van der Waals surface area contributed by atoms with Crippen molar-refractivity contribution < 1.29 is 17.6 Å². The minimum absolute atomic E-state index is 0.183. The number of nitrogens with one attached hydrogen (secondary N) is 1. The number of carbonyl (C=O) groups excluding carboxylic acids is 1. The SMILES string of the molecule is CCC(C)(C)NC(=O)CS(=O)(=O)c1cccc(F)c1. The lowest BCUT2D eigenvalue weighted by Gasteiger charge is -2.24. The van der Waals surface area contributed by atoms with Gasteiger partial charge in [-0.25, -0.2) is 12.8 Å². The van der Waals surface area contributed by atoms with E-state index in [9.17, 15) is 17.6 Å². The van der Waals surface area contributed by atoms with Crippen LogP contribution < -0.4 is 5.32 Å². The summed E-state index contributed by atoms with van der Waals surface area (Å²) in [5.74, 6) is -1.91. The Kier molecular flexibility index (Phi) is 4.68. The van der Waals surface area contributed by atoms with Gasteiger partial charge in [-0.2, -0.15) is 0 Å². The van der Waals surface area contributed by atoms with E-state index in [0.29, 0.717) is 6.42 Å². The predicted octanol–water partition coefficient (Wildman–Crippen LogP) is 1.90. The summed E-state index contributed by atoms with van der Waals surface area (Å²) in [5, 5.41) is 2.63. The maximum Gasteiger partial charge on any atom is 0.235 e. The number of sulfone groups is 1. The van der Waals surface area contributed by atoms with Crippen molar-refractivity contribution >= 4 is 15.7 Å². The van der Waals surface area contributed by atoms with E-state index in [4.69, 9.17) is 0 Å². The van der Waals surface area contributed by atoms with Crippen molar-refractivity contribution in [2.24, 2.45) is 0 Å². The molecule has 1 rings (SSSR count). The zero-order chi connectivity index (χ0) is 14.7. The molecule has 1 aromatic carbocycles. The molecule has 19 heavy (non-hydrogen) atoms. The predicted molar refractivity (Wildman–Crippen MR) is 71.0 cm³/mol. The fraction of sp³-hybridized carbons (Fsp3) is 0.462. The van der Waals surface area contributed by atoms with Crippen LogP contribution in [-0.2, 0) is 14.6 Å². The molecule has 1 N–H and O–H groups in total. The number of hydrogen-bond donors (Lipinski definition) is 1. The lowest BCUT2D eigenvalue weighted by molar-refractivity contribution is -0.120. The number of halogens is 1. The van der Waals surface area contributed by atoms with Crippen LogP contribution in [0.1, 0.15) is 27.2 Å². The molecule has 0 saturated heterocycles. The van der Waals surface area contributed by atoms with Gasteiger partial charge in [-0.15, -0.1) is 0 Å². The van der Waals surface area contributed by atoms with Gasteiger partial charge in [0.25, 0.3) is 0 Å². The van der Waals surface area contributed by atoms with Crippen LogP contribution in [0.2, 0.25) is 0 Å². The second kappa shape index (κ2) is 5.69. The van der Waals surface area contributed by atoms with Crippen LogP contribution >= 0.6 is 0 Å². The fourth-order valence-electron chi connectivity index (χ4n) is 1.42. The number of benzene rings is 1. The summed E-state index contributed by atoms with van der Waals surface area (Å²) in [5.41, 5.74) is -0.464. The number of rotatable bonds is 5. The largest absolute Gasteiger partial charge is 0.350 e. The van der Waals surface area contributed by atoms with Gasteiger partial charge < -0.3 is 5.32 Å². The Balaban J connectivity index is 2.84. The molecule has 0 aliphatic heterocycles. The first kappa shape index (κ1) is 15.6. The highest BCUT2D eigenvalue weighted by molar-refractivity contribution is 7.92. The molecule has 0 radical (unpaired) electrons. The van der Waals surface area contributed by atoms with Crippen molar-refractivity contribution in [2.75, 3.05) is 5.75 Å². The first-order valence-electron chi connectivity index (χ1n) is 5.95. The van der Waals surface area contributed by atoms with Crippen molar-refractivity contribution in [3.05, 3.63) is 30.1 Å². The highest BCUT2D eigenvalue weighted by atomic mass is 32.2. The van der Waals surface area contributed by atoms with Crippen molar-refractivity contribution in [3.63, 3.8) is 0 Å². The van der Waals surface area contributed by atoms with Crippen molar-refractivity contribution in [3.8, 4) is 0 Å². The van der Waals surface area contributed by atoms with E-state index in [1.165, 1.54) is 12.1 Å². The Morgan fingerprint density at radius 3 is 2.53 bits per heavy atom. The molecule has 6 heteroatoms. The third kappa shape index (κ3) is 4.63. The lowest BCUT2D eigenvalue weighted by atomic mass is 10.0. The number of amides is 1. The van der Waals surface area contributed by atoms with Crippen LogP contribution in [0.4, 0.5) is 4.39 Å². The number of hydrogen-bond acceptors (Lipinski definition) is 3. The average molecular weight is 287 g/mol. The first-order chi connectivity index (χ1) is 8.66. The Hall–Kier alpha value is -1.43. The van der Waals surface area contributed by atoms with Gasteiger partial charge in [0.1, 0.15) is 11.6 Å². The molecule has 0 aromatic heterocycles. The first-order valence-corrected chi connectivity index (χ1v) is 7.61. The van der Waals surface area contributed by atoms with E-state index in [1.807, 2.05) is 6.92 Å². The zero-order valence-corrected chi connectivity index (χ0v) is 12.1. The minimum Gasteiger partial charge on any atom is -0.350 e. The summed E-state index contributed by atoms with van der Waals surface area (Å²) < 4.78 is 36.9. The van der Waals surface area contributed by atoms with Gasteiger partial charge in [0.2, 0.25) is 5.91 Å². The zero-order valence-electron chi connectivity index (χ0n) is 11.2. The van der Waals surface area contributed by atoms with Crippen LogP contribution in [0.25, 0.3) is 0 Å². The summed E-state index contributed by atoms with van der Waals surface area (Å²) in [7, 11) is -3.81. The van der Waals surface area contributed by atoms with Gasteiger partial charge in [0.05, 0.1) is 4.90 Å². The Morgan fingerprint density at radius 1 is 1.37 bits per heavy atom. The smallest absolute Gasteiger partial charge is 0.235 e. The second-order valence-corrected chi connectivity index (χ2v) is 6.99. The third-order valence-electron chi connectivity index (χ3n) is 2.84. The molecule has 0 atom stereocenters. The maximum absolute atomic E-state index is 13.0. The van der Waals surface area contributed by atoms with E-state index in [1.54, 1.807) is 13.8 Å². The molecule has 0 saturated carbocycles. The van der Waals surface area contributed by atoms with Crippen LogP contribution in [0.15, 0.2) is 29.2 Å². The van der Waals surface area contributed by atoms with Crippen molar-refractivity contribution in [1.82, 2.24) is 5.32 Å². The molecular formula is C13H18FNO3S. The maximum atomic E-state index is 13.0. The van der Waals surface area contributed by atoms with E-state index in [0.717, 1.165) is 12.1 Å². The minimum atomic E-state index is -3.81. The average Bonchev–Trinajstić information content (AvgIpc) is 2.27. The van der Waals surface area contributed by atoms with Gasteiger partial charge in [0.15, 0.2) is 9.84 Å². The van der Waals surface area contributed by atoms with Crippen molar-refractivity contribution in [1.29, 1.82) is 0 Å². The summed E-state index contributed by atoms with van der Waals surface area (Å²) in [6.07, 6.45) is 0.679. The molecule has 0 spiro atoms. The van der Waals surface area contributed by atoms with E-state index < -0.39 is 32.9 Å². The van der Waals surface area contributed by atoms with E-state index >= 15 is 0 Å². The molecule has 0 aliphatic carbocycles. The topological polar surface area (TPSA) is 63.2 Å². The molecule has 0 fully saturated rings. The van der Waals surface area contributed by atoms with Crippen LogP contribution in [0, 0.1) is 5.82 Å². The Morgan fingerprint density at radius 2 is 2.00 bits per heavy atom. The van der Waals surface area contributed by atoms with Crippen LogP contribution in [-0.4, -0.2) is 25.6 Å². The van der Waals surface area contributed by atoms with Crippen LogP contribution in [0.3, 0.4) is 0 Å². The quantitative estimate of drug-likeness (QED) is 0.899. The molecule has 0 bridgehead atoms. The standard InChI is InChI=1S/C13H18FNO3S/c1-4-13(2,3)15-12(16)9-19(17,18)11-7-5-6-10(14)8-11/h5-8H,4,9H2,1-3H3,(H,15,16). The van der Waals surface area contributed by atoms with Gasteiger partial charge in [-0.3, -0.25) is 4.79 Å². The van der Waals surface area contributed by atoms with E-state index in [-0.39, 0.29) is 4.90 Å².